The van der Waals surface area contributed by atoms with Crippen molar-refractivity contribution >= 4 is 31.5 Å². The van der Waals surface area contributed by atoms with Gasteiger partial charge in [0, 0.05) is 17.5 Å². The minimum absolute atomic E-state index is 0.0680. The molecular formula is C11H15BrFNO2S. The lowest BCUT2D eigenvalue weighted by atomic mass is 10.3. The highest BCUT2D eigenvalue weighted by Gasteiger charge is 2.13. The first kappa shape index (κ1) is 14.4. The standard InChI is InChI=1S/C11H15BrFNO2S/c1-3-17(15,16)7-8(2)14-9-4-5-11(13)10(12)6-9/h4-6,8,14H,3,7H2,1-2H3. The van der Waals surface area contributed by atoms with Crippen LogP contribution in [0.3, 0.4) is 0 Å². The van der Waals surface area contributed by atoms with Gasteiger partial charge >= 0.3 is 0 Å². The molecule has 0 amide bonds. The molecule has 1 aromatic rings. The van der Waals surface area contributed by atoms with Gasteiger partial charge in [0.25, 0.3) is 0 Å². The van der Waals surface area contributed by atoms with E-state index in [0.717, 1.165) is 0 Å². The predicted octanol–water partition coefficient (Wildman–Crippen LogP) is 2.82. The molecule has 1 rings (SSSR count). The van der Waals surface area contributed by atoms with Crippen molar-refractivity contribution in [2.75, 3.05) is 16.8 Å². The topological polar surface area (TPSA) is 46.2 Å². The quantitative estimate of drug-likeness (QED) is 0.906. The second-order valence-corrected chi connectivity index (χ2v) is 7.13. The Balaban J connectivity index is 2.68. The van der Waals surface area contributed by atoms with Crippen molar-refractivity contribution in [3.05, 3.63) is 28.5 Å². The Morgan fingerprint density at radius 1 is 1.47 bits per heavy atom. The third-order valence-corrected chi connectivity index (χ3v) is 4.77. The van der Waals surface area contributed by atoms with Crippen LogP contribution in [0, 0.1) is 5.82 Å². The van der Waals surface area contributed by atoms with E-state index < -0.39 is 9.84 Å². The van der Waals surface area contributed by atoms with Crippen LogP contribution in [0.2, 0.25) is 0 Å². The Morgan fingerprint density at radius 3 is 2.65 bits per heavy atom. The second kappa shape index (κ2) is 5.82. The molecule has 0 aliphatic rings. The summed E-state index contributed by atoms with van der Waals surface area (Å²) < 4.78 is 36.2. The number of sulfone groups is 1. The Kier molecular flexibility index (Phi) is 4.94. The highest BCUT2D eigenvalue weighted by molar-refractivity contribution is 9.10. The lowest BCUT2D eigenvalue weighted by Gasteiger charge is -2.15. The van der Waals surface area contributed by atoms with Gasteiger partial charge in [-0.3, -0.25) is 0 Å². The van der Waals surface area contributed by atoms with Crippen LogP contribution < -0.4 is 5.32 Å². The number of hydrogen-bond acceptors (Lipinski definition) is 3. The van der Waals surface area contributed by atoms with Crippen LogP contribution in [0.15, 0.2) is 22.7 Å². The summed E-state index contributed by atoms with van der Waals surface area (Å²) in [6.07, 6.45) is 0. The van der Waals surface area contributed by atoms with Gasteiger partial charge < -0.3 is 5.32 Å². The number of halogens is 2. The SMILES string of the molecule is CCS(=O)(=O)CC(C)Nc1ccc(F)c(Br)c1. The average Bonchev–Trinajstić information content (AvgIpc) is 2.23. The molecule has 0 saturated carbocycles. The first-order valence-electron chi connectivity index (χ1n) is 5.26. The van der Waals surface area contributed by atoms with Gasteiger partial charge in [0.05, 0.1) is 10.2 Å². The molecule has 3 nitrogen and oxygen atoms in total. The third kappa shape index (κ3) is 4.63. The lowest BCUT2D eigenvalue weighted by molar-refractivity contribution is 0.593. The maximum atomic E-state index is 13.0. The Morgan fingerprint density at radius 2 is 2.12 bits per heavy atom. The molecule has 1 aromatic carbocycles. The molecule has 0 radical (unpaired) electrons. The van der Waals surface area contributed by atoms with E-state index in [9.17, 15) is 12.8 Å². The van der Waals surface area contributed by atoms with Gasteiger partial charge in [0.2, 0.25) is 0 Å². The molecular weight excluding hydrogens is 309 g/mol. The molecule has 0 spiro atoms. The fourth-order valence-electron chi connectivity index (χ4n) is 1.41. The summed E-state index contributed by atoms with van der Waals surface area (Å²) in [5.74, 6) is -0.144. The van der Waals surface area contributed by atoms with Crippen molar-refractivity contribution in [2.24, 2.45) is 0 Å². The van der Waals surface area contributed by atoms with Crippen LogP contribution in [-0.4, -0.2) is 26.0 Å². The fourth-order valence-corrected chi connectivity index (χ4v) is 2.87. The number of rotatable bonds is 5. The van der Waals surface area contributed by atoms with E-state index in [-0.39, 0.29) is 23.4 Å². The molecule has 0 aromatic heterocycles. The van der Waals surface area contributed by atoms with Gasteiger partial charge in [-0.2, -0.15) is 0 Å². The van der Waals surface area contributed by atoms with E-state index in [2.05, 4.69) is 21.2 Å². The molecule has 1 atom stereocenters. The summed E-state index contributed by atoms with van der Waals surface area (Å²) in [6, 6.07) is 4.28. The number of hydrogen-bond donors (Lipinski definition) is 1. The third-order valence-electron chi connectivity index (χ3n) is 2.28. The fraction of sp³-hybridized carbons (Fsp3) is 0.455. The first-order chi connectivity index (χ1) is 7.84. The van der Waals surface area contributed by atoms with Crippen molar-refractivity contribution in [1.29, 1.82) is 0 Å². The summed E-state index contributed by atoms with van der Waals surface area (Å²) in [6.45, 7) is 3.40. The minimum atomic E-state index is -3.01. The van der Waals surface area contributed by atoms with Crippen LogP contribution in [0.5, 0.6) is 0 Å². The maximum absolute atomic E-state index is 13.0. The first-order valence-corrected chi connectivity index (χ1v) is 7.87. The van der Waals surface area contributed by atoms with Crippen molar-refractivity contribution in [3.63, 3.8) is 0 Å². The van der Waals surface area contributed by atoms with Crippen molar-refractivity contribution < 1.29 is 12.8 Å². The molecule has 96 valence electrons. The van der Waals surface area contributed by atoms with Crippen LogP contribution in [0.1, 0.15) is 13.8 Å². The van der Waals surface area contributed by atoms with E-state index in [0.29, 0.717) is 10.2 Å². The number of anilines is 1. The Hall–Kier alpha value is -0.620. The van der Waals surface area contributed by atoms with Crippen LogP contribution in [-0.2, 0) is 9.84 Å². The van der Waals surface area contributed by atoms with E-state index in [1.54, 1.807) is 26.0 Å². The van der Waals surface area contributed by atoms with Gasteiger partial charge in [-0.1, -0.05) is 6.92 Å². The molecule has 0 saturated heterocycles. The molecule has 0 bridgehead atoms. The highest BCUT2D eigenvalue weighted by atomic mass is 79.9. The lowest BCUT2D eigenvalue weighted by Crippen LogP contribution is -2.26. The van der Waals surface area contributed by atoms with Gasteiger partial charge in [-0.25, -0.2) is 12.8 Å². The molecule has 6 heteroatoms. The van der Waals surface area contributed by atoms with Gasteiger partial charge in [0.1, 0.15) is 5.82 Å². The minimum Gasteiger partial charge on any atom is -0.382 e. The van der Waals surface area contributed by atoms with E-state index in [4.69, 9.17) is 0 Å². The van der Waals surface area contributed by atoms with Crippen LogP contribution in [0.25, 0.3) is 0 Å². The summed E-state index contributed by atoms with van der Waals surface area (Å²) >= 11 is 3.08. The van der Waals surface area contributed by atoms with E-state index in [1.165, 1.54) is 6.07 Å². The van der Waals surface area contributed by atoms with Crippen molar-refractivity contribution in [1.82, 2.24) is 0 Å². The molecule has 0 aliphatic heterocycles. The van der Waals surface area contributed by atoms with Crippen molar-refractivity contribution in [2.45, 2.75) is 19.9 Å². The zero-order valence-electron chi connectivity index (χ0n) is 9.70. The highest BCUT2D eigenvalue weighted by Crippen LogP contribution is 2.20. The van der Waals surface area contributed by atoms with E-state index in [1.807, 2.05) is 0 Å². The van der Waals surface area contributed by atoms with Gasteiger partial charge in [0.15, 0.2) is 9.84 Å². The molecule has 0 fully saturated rings. The Bertz CT molecular complexity index is 490. The zero-order chi connectivity index (χ0) is 13.1. The van der Waals surface area contributed by atoms with Gasteiger partial charge in [-0.15, -0.1) is 0 Å². The summed E-state index contributed by atoms with van der Waals surface area (Å²) in [5.41, 5.74) is 0.692. The zero-order valence-corrected chi connectivity index (χ0v) is 12.1. The van der Waals surface area contributed by atoms with E-state index >= 15 is 0 Å². The summed E-state index contributed by atoms with van der Waals surface area (Å²) in [7, 11) is -3.01. The predicted molar refractivity (Wildman–Crippen MR) is 71.5 cm³/mol. The molecule has 1 unspecified atom stereocenters. The molecule has 1 N–H and O–H groups in total. The van der Waals surface area contributed by atoms with Crippen molar-refractivity contribution in [3.8, 4) is 0 Å². The maximum Gasteiger partial charge on any atom is 0.152 e. The molecule has 0 aliphatic carbocycles. The summed E-state index contributed by atoms with van der Waals surface area (Å²) in [4.78, 5) is 0. The van der Waals surface area contributed by atoms with Gasteiger partial charge in [-0.05, 0) is 41.1 Å². The largest absolute Gasteiger partial charge is 0.382 e. The normalized spacial score (nSPS) is 13.4. The monoisotopic (exact) mass is 323 g/mol. The smallest absolute Gasteiger partial charge is 0.152 e. The average molecular weight is 324 g/mol. The summed E-state index contributed by atoms with van der Waals surface area (Å²) in [5, 5.41) is 3.02. The Labute approximate surface area is 109 Å². The van der Waals surface area contributed by atoms with Crippen LogP contribution in [0.4, 0.5) is 10.1 Å². The number of nitrogens with one attached hydrogen (secondary N) is 1. The molecule has 17 heavy (non-hydrogen) atoms. The second-order valence-electron chi connectivity index (χ2n) is 3.87. The number of benzene rings is 1. The molecule has 0 heterocycles. The van der Waals surface area contributed by atoms with Crippen LogP contribution >= 0.6 is 15.9 Å².